The summed E-state index contributed by atoms with van der Waals surface area (Å²) in [5, 5.41) is 4.41. The van der Waals surface area contributed by atoms with Crippen molar-refractivity contribution in [2.75, 3.05) is 6.61 Å². The Bertz CT molecular complexity index is 1320. The highest BCUT2D eigenvalue weighted by atomic mass is 32.1. The number of nitrogens with zero attached hydrogens (tertiary/aromatic N) is 3. The van der Waals surface area contributed by atoms with Gasteiger partial charge < -0.3 is 4.74 Å². The minimum absolute atomic E-state index is 0.152. The first-order valence-corrected chi connectivity index (χ1v) is 9.40. The highest BCUT2D eigenvalue weighted by Crippen LogP contribution is 2.26. The highest BCUT2D eigenvalue weighted by Gasteiger charge is 2.14. The van der Waals surface area contributed by atoms with Crippen molar-refractivity contribution in [2.45, 2.75) is 6.92 Å². The van der Waals surface area contributed by atoms with E-state index in [4.69, 9.17) is 4.74 Å². The van der Waals surface area contributed by atoms with Gasteiger partial charge in [0, 0.05) is 11.1 Å². The smallest absolute Gasteiger partial charge is 0.291 e. The van der Waals surface area contributed by atoms with E-state index >= 15 is 0 Å². The fourth-order valence-electron chi connectivity index (χ4n) is 3.13. The van der Waals surface area contributed by atoms with Crippen molar-refractivity contribution in [3.05, 3.63) is 80.1 Å². The maximum Gasteiger partial charge on any atom is 0.291 e. The highest BCUT2D eigenvalue weighted by molar-refractivity contribution is 7.15. The van der Waals surface area contributed by atoms with Crippen LogP contribution >= 0.6 is 11.3 Å². The fraction of sp³-hybridized carbons (Fsp3) is 0.0952. The first-order valence-electron chi connectivity index (χ1n) is 8.58. The maximum atomic E-state index is 12.7. The lowest BCUT2D eigenvalue weighted by atomic mass is 10.1. The van der Waals surface area contributed by atoms with Gasteiger partial charge in [-0.15, -0.1) is 5.10 Å². The minimum Gasteiger partial charge on any atom is -0.488 e. The number of para-hydroxylation sites is 1. The maximum absolute atomic E-state index is 12.7. The third-order valence-corrected chi connectivity index (χ3v) is 5.39. The van der Waals surface area contributed by atoms with Crippen molar-refractivity contribution >= 4 is 28.4 Å². The molecule has 0 unspecified atom stereocenters. The molecule has 2 aromatic heterocycles. The number of fused-ring (bicyclic) bond motifs is 2. The van der Waals surface area contributed by atoms with Crippen LogP contribution in [0.1, 0.15) is 11.1 Å². The van der Waals surface area contributed by atoms with E-state index in [2.05, 4.69) is 10.1 Å². The van der Waals surface area contributed by atoms with E-state index < -0.39 is 0 Å². The van der Waals surface area contributed by atoms with Crippen LogP contribution in [0.15, 0.2) is 58.9 Å². The average Bonchev–Trinajstić information content (AvgIpc) is 3.22. The summed E-state index contributed by atoms with van der Waals surface area (Å²) in [5.41, 5.74) is 3.86. The Morgan fingerprint density at radius 1 is 1.19 bits per heavy atom. The van der Waals surface area contributed by atoms with Gasteiger partial charge in [0.2, 0.25) is 4.96 Å². The molecule has 0 saturated heterocycles. The molecular weight excluding hydrogens is 358 g/mol. The molecule has 4 aromatic rings. The monoisotopic (exact) mass is 373 g/mol. The van der Waals surface area contributed by atoms with Crippen LogP contribution in [0.25, 0.3) is 28.5 Å². The molecule has 6 heteroatoms. The predicted octanol–water partition coefficient (Wildman–Crippen LogP) is 3.10. The lowest BCUT2D eigenvalue weighted by molar-refractivity contribution is 0.352. The normalized spacial score (nSPS) is 14.1. The largest absolute Gasteiger partial charge is 0.488 e. The summed E-state index contributed by atoms with van der Waals surface area (Å²) in [5.74, 6) is 1.44. The quantitative estimate of drug-likeness (QED) is 0.542. The van der Waals surface area contributed by atoms with Crippen LogP contribution in [0.3, 0.4) is 0 Å². The van der Waals surface area contributed by atoms with Crippen molar-refractivity contribution in [2.24, 2.45) is 0 Å². The summed E-state index contributed by atoms with van der Waals surface area (Å²) in [4.78, 5) is 17.9. The number of rotatable bonds is 2. The molecule has 132 valence electrons. The number of aromatic nitrogens is 3. The molecule has 0 aliphatic carbocycles. The van der Waals surface area contributed by atoms with Gasteiger partial charge in [0.05, 0.1) is 4.53 Å². The van der Waals surface area contributed by atoms with Crippen molar-refractivity contribution < 1.29 is 4.74 Å². The number of hydrogen-bond acceptors (Lipinski definition) is 5. The average molecular weight is 373 g/mol. The molecule has 0 fully saturated rings. The Kier molecular flexibility index (Phi) is 3.65. The van der Waals surface area contributed by atoms with Crippen LogP contribution in [-0.2, 0) is 0 Å². The molecule has 2 aromatic carbocycles. The Morgan fingerprint density at radius 3 is 2.93 bits per heavy atom. The van der Waals surface area contributed by atoms with E-state index in [0.717, 1.165) is 28.0 Å². The Hall–Kier alpha value is -3.25. The van der Waals surface area contributed by atoms with Crippen LogP contribution in [0.2, 0.25) is 0 Å². The van der Waals surface area contributed by atoms with E-state index in [-0.39, 0.29) is 5.56 Å². The molecule has 27 heavy (non-hydrogen) atoms. The molecule has 1 aliphatic rings. The third kappa shape index (κ3) is 2.84. The summed E-state index contributed by atoms with van der Waals surface area (Å²) < 4.78 is 7.74. The number of aryl methyl sites for hydroxylation is 1. The van der Waals surface area contributed by atoms with Gasteiger partial charge >= 0.3 is 0 Å². The SMILES string of the molecule is Cc1cccc(-c2nc3sc(=CC4=Cc5ccccc5OC4)c(=O)n3n2)c1. The molecular formula is C21H15N3O2S. The van der Waals surface area contributed by atoms with Gasteiger partial charge in [0.1, 0.15) is 12.4 Å². The van der Waals surface area contributed by atoms with Gasteiger partial charge in [-0.2, -0.15) is 9.50 Å². The van der Waals surface area contributed by atoms with Gasteiger partial charge in [0.25, 0.3) is 5.56 Å². The summed E-state index contributed by atoms with van der Waals surface area (Å²) >= 11 is 1.34. The van der Waals surface area contributed by atoms with E-state index in [1.165, 1.54) is 15.9 Å². The molecule has 0 N–H and O–H groups in total. The molecule has 0 spiro atoms. The second-order valence-corrected chi connectivity index (χ2v) is 7.47. The lowest BCUT2D eigenvalue weighted by Crippen LogP contribution is -2.24. The second kappa shape index (κ2) is 6.17. The zero-order valence-corrected chi connectivity index (χ0v) is 15.4. The van der Waals surface area contributed by atoms with Crippen molar-refractivity contribution in [1.82, 2.24) is 14.6 Å². The van der Waals surface area contributed by atoms with Crippen LogP contribution in [0.5, 0.6) is 5.75 Å². The van der Waals surface area contributed by atoms with E-state index in [9.17, 15) is 4.79 Å². The standard InChI is InChI=1S/C21H15N3O2S/c1-13-5-4-7-16(9-13)19-22-21-24(23-19)20(25)18(27-21)11-14-10-15-6-2-3-8-17(15)26-12-14/h2-11H,12H2,1H3. The summed E-state index contributed by atoms with van der Waals surface area (Å²) in [6, 6.07) is 15.8. The molecule has 3 heterocycles. The van der Waals surface area contributed by atoms with Crippen molar-refractivity contribution in [1.29, 1.82) is 0 Å². The number of hydrogen-bond donors (Lipinski definition) is 0. The Balaban J connectivity index is 1.57. The molecule has 5 nitrogen and oxygen atoms in total. The van der Waals surface area contributed by atoms with Crippen LogP contribution in [0.4, 0.5) is 0 Å². The molecule has 0 radical (unpaired) electrons. The van der Waals surface area contributed by atoms with Gasteiger partial charge in [0.15, 0.2) is 5.82 Å². The summed E-state index contributed by atoms with van der Waals surface area (Å²) in [7, 11) is 0. The Labute approximate surface area is 158 Å². The van der Waals surface area contributed by atoms with Gasteiger partial charge in [-0.3, -0.25) is 4.79 Å². The zero-order valence-electron chi connectivity index (χ0n) is 14.5. The van der Waals surface area contributed by atoms with Crippen molar-refractivity contribution in [3.8, 4) is 17.1 Å². The zero-order chi connectivity index (χ0) is 18.4. The third-order valence-electron chi connectivity index (χ3n) is 4.43. The predicted molar refractivity (Wildman–Crippen MR) is 107 cm³/mol. The second-order valence-electron chi connectivity index (χ2n) is 6.46. The molecule has 5 rings (SSSR count). The first-order chi connectivity index (χ1) is 13.2. The number of ether oxygens (including phenoxy) is 1. The summed E-state index contributed by atoms with van der Waals surface area (Å²) in [6.07, 6.45) is 3.91. The van der Waals surface area contributed by atoms with Crippen LogP contribution in [-0.4, -0.2) is 21.2 Å². The van der Waals surface area contributed by atoms with E-state index in [1.807, 2.05) is 67.6 Å². The van der Waals surface area contributed by atoms with E-state index in [0.29, 0.717) is 21.9 Å². The molecule has 1 aliphatic heterocycles. The molecule has 0 atom stereocenters. The molecule has 0 bridgehead atoms. The first kappa shape index (κ1) is 16.0. The molecule has 0 amide bonds. The van der Waals surface area contributed by atoms with Gasteiger partial charge in [-0.25, -0.2) is 0 Å². The molecule has 0 saturated carbocycles. The van der Waals surface area contributed by atoms with Gasteiger partial charge in [-0.1, -0.05) is 53.3 Å². The number of benzene rings is 2. The van der Waals surface area contributed by atoms with Crippen molar-refractivity contribution in [3.63, 3.8) is 0 Å². The minimum atomic E-state index is -0.152. The topological polar surface area (TPSA) is 56.5 Å². The fourth-order valence-corrected chi connectivity index (χ4v) is 4.05. The Morgan fingerprint density at radius 2 is 2.07 bits per heavy atom. The van der Waals surface area contributed by atoms with Crippen LogP contribution in [0, 0.1) is 6.92 Å². The lowest BCUT2D eigenvalue weighted by Gasteiger charge is -2.15. The number of thiazole rings is 1. The van der Waals surface area contributed by atoms with Crippen LogP contribution < -0.4 is 14.8 Å². The van der Waals surface area contributed by atoms with E-state index in [1.54, 1.807) is 0 Å². The summed E-state index contributed by atoms with van der Waals surface area (Å²) in [6.45, 7) is 2.46. The van der Waals surface area contributed by atoms with Gasteiger partial charge in [-0.05, 0) is 36.8 Å².